The molecular weight excluding hydrogens is 583 g/mol. The second kappa shape index (κ2) is 10.5. The van der Waals surface area contributed by atoms with Gasteiger partial charge in [-0.05, 0) is 82.9 Å². The highest BCUT2D eigenvalue weighted by Gasteiger charge is 2.18. The highest BCUT2D eigenvalue weighted by Crippen LogP contribution is 2.40. The average Bonchev–Trinajstić information content (AvgIpc) is 3.68. The monoisotopic (exact) mass is 611 g/mol. The Morgan fingerprint density at radius 3 is 1.71 bits per heavy atom. The van der Waals surface area contributed by atoms with Crippen molar-refractivity contribution in [2.45, 2.75) is 0 Å². The van der Waals surface area contributed by atoms with Gasteiger partial charge in [0.05, 0.1) is 33.8 Å². The molecule has 0 radical (unpaired) electrons. The summed E-state index contributed by atoms with van der Waals surface area (Å²) < 4.78 is 4.74. The van der Waals surface area contributed by atoms with Gasteiger partial charge >= 0.3 is 0 Å². The number of nitrogens with zero attached hydrogens (tertiary/aromatic N) is 3. The van der Waals surface area contributed by atoms with Gasteiger partial charge < -0.3 is 9.13 Å². The lowest BCUT2D eigenvalue weighted by Crippen LogP contribution is -1.95. The molecule has 0 fully saturated rings. The second-order valence-electron chi connectivity index (χ2n) is 12.4. The first kappa shape index (κ1) is 26.7. The number of para-hydroxylation sites is 3. The van der Waals surface area contributed by atoms with E-state index in [1.807, 2.05) is 6.20 Å². The minimum absolute atomic E-state index is 1.00. The average molecular weight is 612 g/mol. The second-order valence-corrected chi connectivity index (χ2v) is 12.4. The molecule has 0 aliphatic carbocycles. The summed E-state index contributed by atoms with van der Waals surface area (Å²) in [5.74, 6) is 0. The third-order valence-electron chi connectivity index (χ3n) is 9.73. The number of pyridine rings is 1. The lowest BCUT2D eigenvalue weighted by Gasteiger charge is -2.11. The molecule has 0 aliphatic heterocycles. The minimum atomic E-state index is 1.00. The van der Waals surface area contributed by atoms with Gasteiger partial charge in [0.25, 0.3) is 0 Å². The molecule has 0 aliphatic rings. The molecule has 0 unspecified atom stereocenters. The number of aromatic nitrogens is 3. The number of benzene rings is 7. The first-order valence-electron chi connectivity index (χ1n) is 16.4. The van der Waals surface area contributed by atoms with E-state index in [-0.39, 0.29) is 0 Å². The van der Waals surface area contributed by atoms with Crippen molar-refractivity contribution in [2.75, 3.05) is 0 Å². The molecule has 7 aromatic carbocycles. The van der Waals surface area contributed by atoms with E-state index < -0.39 is 0 Å². The van der Waals surface area contributed by atoms with Crippen molar-refractivity contribution in [1.29, 1.82) is 0 Å². The predicted octanol–water partition coefficient (Wildman–Crippen LogP) is 11.8. The van der Waals surface area contributed by atoms with Crippen LogP contribution in [0.15, 0.2) is 176 Å². The Bertz CT molecular complexity index is 2820. The molecule has 3 heteroatoms. The number of fused-ring (bicyclic) bond motifs is 8. The van der Waals surface area contributed by atoms with Crippen molar-refractivity contribution in [3.63, 3.8) is 0 Å². The van der Waals surface area contributed by atoms with Gasteiger partial charge in [-0.3, -0.25) is 4.98 Å². The molecule has 0 saturated heterocycles. The van der Waals surface area contributed by atoms with Crippen LogP contribution in [0.2, 0.25) is 0 Å². The fourth-order valence-electron chi connectivity index (χ4n) is 7.57. The van der Waals surface area contributed by atoms with E-state index in [2.05, 4.69) is 179 Å². The van der Waals surface area contributed by atoms with Crippen LogP contribution in [0, 0.1) is 0 Å². The Labute approximate surface area is 277 Å². The third kappa shape index (κ3) is 4.04. The van der Waals surface area contributed by atoms with Gasteiger partial charge in [0, 0.05) is 38.3 Å². The maximum atomic E-state index is 4.92. The third-order valence-corrected chi connectivity index (χ3v) is 9.73. The van der Waals surface area contributed by atoms with Crippen LogP contribution in [-0.2, 0) is 0 Å². The Hall–Kier alpha value is -6.45. The van der Waals surface area contributed by atoms with Crippen LogP contribution in [0.1, 0.15) is 0 Å². The highest BCUT2D eigenvalue weighted by atomic mass is 15.0. The molecule has 10 rings (SSSR count). The van der Waals surface area contributed by atoms with Gasteiger partial charge in [0.2, 0.25) is 0 Å². The number of hydrogen-bond donors (Lipinski definition) is 0. The van der Waals surface area contributed by atoms with Crippen LogP contribution < -0.4 is 0 Å². The normalized spacial score (nSPS) is 11.8. The summed E-state index contributed by atoms with van der Waals surface area (Å²) in [5, 5.41) is 6.12. The lowest BCUT2D eigenvalue weighted by molar-refractivity contribution is 1.17. The van der Waals surface area contributed by atoms with Crippen LogP contribution in [0.25, 0.3) is 88.1 Å². The van der Waals surface area contributed by atoms with Crippen LogP contribution >= 0.6 is 0 Å². The van der Waals surface area contributed by atoms with Crippen LogP contribution in [0.3, 0.4) is 0 Å². The topological polar surface area (TPSA) is 22.8 Å². The molecule has 0 saturated carbocycles. The molecule has 3 heterocycles. The maximum Gasteiger partial charge on any atom is 0.0730 e. The summed E-state index contributed by atoms with van der Waals surface area (Å²) in [6.45, 7) is 0. The summed E-state index contributed by atoms with van der Waals surface area (Å²) in [4.78, 5) is 4.92. The van der Waals surface area contributed by atoms with E-state index >= 15 is 0 Å². The van der Waals surface area contributed by atoms with E-state index in [9.17, 15) is 0 Å². The zero-order valence-corrected chi connectivity index (χ0v) is 26.1. The van der Waals surface area contributed by atoms with Crippen LogP contribution in [-0.4, -0.2) is 14.1 Å². The quantitative estimate of drug-likeness (QED) is 0.194. The zero-order valence-electron chi connectivity index (χ0n) is 26.1. The number of hydrogen-bond acceptors (Lipinski definition) is 1. The van der Waals surface area contributed by atoms with E-state index in [1.165, 1.54) is 66.0 Å². The summed E-state index contributed by atoms with van der Waals surface area (Å²) in [7, 11) is 0. The predicted molar refractivity (Wildman–Crippen MR) is 201 cm³/mol. The van der Waals surface area contributed by atoms with Gasteiger partial charge in [0.1, 0.15) is 0 Å². The summed E-state index contributed by atoms with van der Waals surface area (Å²) in [5.41, 5.74) is 12.8. The SMILES string of the molecule is c1ccc(-c2cccc(-n3c4ccc(-c5ccc6c(c5)c5ccccc5n6-c5ccccc5)cc4c4c5ccccc5ncc43)c2)cc1. The standard InChI is InChI=1S/C45H29N3/c1-3-12-30(13-4-1)31-14-11-17-35(26-31)48-43-25-23-33(28-39(43)45-37-19-7-9-20-40(37)46-29-44(45)48)32-22-24-42-38(27-32)36-18-8-10-21-41(36)47(42)34-15-5-2-6-16-34/h1-29H. The highest BCUT2D eigenvalue weighted by molar-refractivity contribution is 6.21. The maximum absolute atomic E-state index is 4.92. The van der Waals surface area contributed by atoms with E-state index in [1.54, 1.807) is 0 Å². The Kier molecular flexibility index (Phi) is 5.87. The van der Waals surface area contributed by atoms with Crippen molar-refractivity contribution < 1.29 is 0 Å². The molecule has 224 valence electrons. The molecule has 0 N–H and O–H groups in total. The molecule has 0 atom stereocenters. The van der Waals surface area contributed by atoms with Gasteiger partial charge in [-0.15, -0.1) is 0 Å². The van der Waals surface area contributed by atoms with Crippen molar-refractivity contribution in [3.05, 3.63) is 176 Å². The molecule has 0 bridgehead atoms. The Morgan fingerprint density at radius 2 is 0.896 bits per heavy atom. The van der Waals surface area contributed by atoms with Crippen LogP contribution in [0.5, 0.6) is 0 Å². The first-order chi connectivity index (χ1) is 23.8. The molecular formula is C45H29N3. The summed E-state index contributed by atoms with van der Waals surface area (Å²) in [6.07, 6.45) is 2.04. The van der Waals surface area contributed by atoms with E-state index in [4.69, 9.17) is 4.98 Å². The molecule has 0 amide bonds. The molecule has 48 heavy (non-hydrogen) atoms. The van der Waals surface area contributed by atoms with Gasteiger partial charge in [-0.1, -0.05) is 109 Å². The van der Waals surface area contributed by atoms with Gasteiger partial charge in [-0.2, -0.15) is 0 Å². The zero-order chi connectivity index (χ0) is 31.6. The van der Waals surface area contributed by atoms with Crippen molar-refractivity contribution in [3.8, 4) is 33.6 Å². The van der Waals surface area contributed by atoms with E-state index in [0.717, 1.165) is 22.1 Å². The summed E-state index contributed by atoms with van der Waals surface area (Å²) >= 11 is 0. The van der Waals surface area contributed by atoms with Crippen molar-refractivity contribution in [1.82, 2.24) is 14.1 Å². The molecule has 10 aromatic rings. The smallest absolute Gasteiger partial charge is 0.0730 e. The van der Waals surface area contributed by atoms with Gasteiger partial charge in [0.15, 0.2) is 0 Å². The summed E-state index contributed by atoms with van der Waals surface area (Å²) in [6, 6.07) is 61.1. The fraction of sp³-hybridized carbons (Fsp3) is 0. The lowest BCUT2D eigenvalue weighted by atomic mass is 10.00. The molecule has 3 aromatic heterocycles. The minimum Gasteiger partial charge on any atom is -0.309 e. The Balaban J connectivity index is 1.21. The van der Waals surface area contributed by atoms with Crippen molar-refractivity contribution >= 4 is 54.5 Å². The van der Waals surface area contributed by atoms with Crippen molar-refractivity contribution in [2.24, 2.45) is 0 Å². The first-order valence-corrected chi connectivity index (χ1v) is 16.4. The van der Waals surface area contributed by atoms with E-state index in [0.29, 0.717) is 0 Å². The molecule has 3 nitrogen and oxygen atoms in total. The largest absolute Gasteiger partial charge is 0.309 e. The molecule has 0 spiro atoms. The fourth-order valence-corrected chi connectivity index (χ4v) is 7.57. The Morgan fingerprint density at radius 1 is 0.333 bits per heavy atom. The van der Waals surface area contributed by atoms with Gasteiger partial charge in [-0.25, -0.2) is 0 Å². The number of rotatable bonds is 4. The van der Waals surface area contributed by atoms with Crippen LogP contribution in [0.4, 0.5) is 0 Å².